The Balaban J connectivity index is 0.00000448. The van der Waals surface area contributed by atoms with Gasteiger partial charge in [0.15, 0.2) is 0 Å². The molecule has 0 aromatic heterocycles. The van der Waals surface area contributed by atoms with Gasteiger partial charge in [-0.15, -0.1) is 0 Å². The first-order valence-electron chi connectivity index (χ1n) is 14.2. The molecule has 268 valence electrons. The maximum Gasteiger partial charge on any atom is 1.00 e. The molecule has 1 saturated heterocycles. The average Bonchev–Trinajstić information content (AvgIpc) is 3.42. The molecule has 1 fully saturated rings. The summed E-state index contributed by atoms with van der Waals surface area (Å²) in [6, 6.07) is 14.4. The molecular weight excluding hydrogens is 801 g/mol. The molecule has 0 radical (unpaired) electrons. The van der Waals surface area contributed by atoms with Crippen LogP contribution in [0, 0.1) is 0 Å². The molecule has 19 heteroatoms. The Bertz CT molecular complexity index is 1890. The zero-order valence-corrected chi connectivity index (χ0v) is 30.9. The van der Waals surface area contributed by atoms with E-state index >= 15 is 52.7 Å². The van der Waals surface area contributed by atoms with Gasteiger partial charge in [0.25, 0.3) is 0 Å². The first-order chi connectivity index (χ1) is 22.9. The Labute approximate surface area is 332 Å². The van der Waals surface area contributed by atoms with Gasteiger partial charge in [0.05, 0.1) is 0 Å². The van der Waals surface area contributed by atoms with Gasteiger partial charge in [-0.1, -0.05) is 0 Å². The van der Waals surface area contributed by atoms with Crippen molar-refractivity contribution in [2.75, 3.05) is 6.16 Å². The van der Waals surface area contributed by atoms with Gasteiger partial charge in [-0.2, -0.15) is 0 Å². The summed E-state index contributed by atoms with van der Waals surface area (Å²) in [5.74, 6) is 0. The minimum absolute atomic E-state index is 0. The van der Waals surface area contributed by atoms with E-state index in [1.54, 1.807) is 0 Å². The zero-order valence-electron chi connectivity index (χ0n) is 25.4. The normalized spacial score (nSPS) is 23.1. The number of halogens is 14. The third-order valence-corrected chi connectivity index (χ3v) is 16.7. The number of rotatable bonds is 2. The summed E-state index contributed by atoms with van der Waals surface area (Å²) in [7, 11) is 0. The van der Waals surface area contributed by atoms with Gasteiger partial charge in [-0.3, -0.25) is 0 Å². The van der Waals surface area contributed by atoms with Crippen LogP contribution in [0.25, 0.3) is 0 Å². The number of benzene rings is 4. The molecule has 3 heterocycles. The standard InChI is InChI=1S/C32H18Cl2F12O3P.K/c33-20-13-9-18(10-14-20)26(19-11-15-21(34)16-12-19)17-50(47-26,24-7-3-1-5-22(24)27(48-50,29(35,36)37)30(38,39)40)25-8-4-2-6-23(25)28(49-50,31(41,42)43)32(44,45)46;/h1-16H,17H2;/q-1;+1. The smallest absolute Gasteiger partial charge is 1.00 e. The zero-order chi connectivity index (χ0) is 36.7. The minimum Gasteiger partial charge on any atom is 1.00 e. The maximum atomic E-state index is 15.3. The van der Waals surface area contributed by atoms with Gasteiger partial charge in [-0.05, 0) is 0 Å². The van der Waals surface area contributed by atoms with Crippen LogP contribution in [0.2, 0.25) is 10.0 Å². The van der Waals surface area contributed by atoms with E-state index in [0.717, 1.165) is 12.1 Å². The number of hydrogen-bond acceptors (Lipinski definition) is 3. The fourth-order valence-electron chi connectivity index (χ4n) is 7.91. The second-order valence-electron chi connectivity index (χ2n) is 12.2. The van der Waals surface area contributed by atoms with Crippen molar-refractivity contribution in [3.63, 3.8) is 0 Å². The maximum absolute atomic E-state index is 15.3. The van der Waals surface area contributed by atoms with E-state index in [1.807, 2.05) is 0 Å². The van der Waals surface area contributed by atoms with Crippen molar-refractivity contribution in [3.8, 4) is 0 Å². The molecule has 4 aromatic rings. The van der Waals surface area contributed by atoms with Crippen molar-refractivity contribution in [2.45, 2.75) is 41.5 Å². The molecule has 3 aliphatic heterocycles. The van der Waals surface area contributed by atoms with Gasteiger partial charge in [-0.25, -0.2) is 0 Å². The molecule has 3 aliphatic rings. The Morgan fingerprint density at radius 3 is 1.06 bits per heavy atom. The van der Waals surface area contributed by atoms with Crippen LogP contribution in [-0.4, -0.2) is 30.9 Å². The Kier molecular flexibility index (Phi) is 8.53. The van der Waals surface area contributed by atoms with E-state index in [2.05, 4.69) is 0 Å². The molecule has 0 bridgehead atoms. The van der Waals surface area contributed by atoms with Gasteiger partial charge in [0.2, 0.25) is 0 Å². The number of alkyl halides is 12. The van der Waals surface area contributed by atoms with Crippen molar-refractivity contribution in [1.82, 2.24) is 0 Å². The Morgan fingerprint density at radius 1 is 0.471 bits per heavy atom. The molecule has 0 N–H and O–H groups in total. The quantitative estimate of drug-likeness (QED) is 0.120. The average molecular weight is 819 g/mol. The summed E-state index contributed by atoms with van der Waals surface area (Å²) >= 11 is 12.1. The molecule has 4 aromatic carbocycles. The van der Waals surface area contributed by atoms with Crippen LogP contribution in [0.3, 0.4) is 0 Å². The number of hydrogen-bond donors (Lipinski definition) is 0. The van der Waals surface area contributed by atoms with E-state index in [0.29, 0.717) is 24.3 Å². The number of fused-ring (bicyclic) bond motifs is 2. The van der Waals surface area contributed by atoms with E-state index in [9.17, 15) is 0 Å². The summed E-state index contributed by atoms with van der Waals surface area (Å²) in [5.41, 5.74) is -17.4. The molecule has 1 spiro atoms. The minimum atomic E-state index is -8.24. The predicted molar refractivity (Wildman–Crippen MR) is 158 cm³/mol. The summed E-state index contributed by atoms with van der Waals surface area (Å²) in [6.07, 6.45) is -27.8. The first kappa shape index (κ1) is 39.3. The van der Waals surface area contributed by atoms with Crippen LogP contribution < -0.4 is 62.0 Å². The van der Waals surface area contributed by atoms with E-state index < -0.39 is 76.0 Å². The van der Waals surface area contributed by atoms with Crippen LogP contribution in [0.1, 0.15) is 22.3 Å². The van der Waals surface area contributed by atoms with Crippen LogP contribution >= 0.6 is 29.8 Å². The Hall–Kier alpha value is -1.43. The molecule has 51 heavy (non-hydrogen) atoms. The van der Waals surface area contributed by atoms with Gasteiger partial charge in [0.1, 0.15) is 0 Å². The fraction of sp³-hybridized carbons (Fsp3) is 0.250. The van der Waals surface area contributed by atoms with Crippen molar-refractivity contribution >= 4 is 40.4 Å². The largest absolute Gasteiger partial charge is 1.00 e. The van der Waals surface area contributed by atoms with E-state index in [1.165, 1.54) is 48.5 Å². The molecular formula is C32H18Cl2F12KO3P. The van der Waals surface area contributed by atoms with E-state index in [-0.39, 0.29) is 84.7 Å². The van der Waals surface area contributed by atoms with Crippen molar-refractivity contribution in [1.29, 1.82) is 0 Å². The summed E-state index contributed by atoms with van der Waals surface area (Å²) in [6.45, 7) is -8.24. The van der Waals surface area contributed by atoms with Gasteiger partial charge >= 0.3 is 335 Å². The summed E-state index contributed by atoms with van der Waals surface area (Å²) in [5, 5.41) is -2.64. The summed E-state index contributed by atoms with van der Waals surface area (Å²) in [4.78, 5) is 0. The van der Waals surface area contributed by atoms with Crippen LogP contribution in [0.5, 0.6) is 0 Å². The summed E-state index contributed by atoms with van der Waals surface area (Å²) < 4.78 is 200. The first-order valence-corrected chi connectivity index (χ1v) is 17.6. The predicted octanol–water partition coefficient (Wildman–Crippen LogP) is 7.46. The van der Waals surface area contributed by atoms with Crippen LogP contribution in [0.15, 0.2) is 97.1 Å². The molecule has 3 nitrogen and oxygen atoms in total. The molecule has 0 saturated carbocycles. The fourth-order valence-corrected chi connectivity index (χ4v) is 16.5. The van der Waals surface area contributed by atoms with Crippen molar-refractivity contribution in [3.05, 3.63) is 129 Å². The second-order valence-corrected chi connectivity index (χ2v) is 18.1. The van der Waals surface area contributed by atoms with Gasteiger partial charge in [0, 0.05) is 0 Å². The van der Waals surface area contributed by atoms with E-state index in [4.69, 9.17) is 36.8 Å². The molecule has 0 aliphatic carbocycles. The molecule has 7 rings (SSSR count). The second kappa shape index (κ2) is 11.1. The Morgan fingerprint density at radius 2 is 0.765 bits per heavy atom. The molecule has 0 unspecified atom stereocenters. The monoisotopic (exact) mass is 818 g/mol. The van der Waals surface area contributed by atoms with Crippen molar-refractivity contribution in [2.24, 2.45) is 0 Å². The third-order valence-electron chi connectivity index (χ3n) is 9.65. The SMILES string of the molecule is FC(F)(F)C1(C(F)(F)F)O[P-]23(CC(c4ccc(Cl)cc4)(c4ccc(Cl)cc4)O2)(OC(C(F)(F)F)(C(F)(F)F)c2ccccc23)c2ccccc21.[K+]. The van der Waals surface area contributed by atoms with Gasteiger partial charge < -0.3 is 0 Å². The third kappa shape index (κ3) is 4.52. The topological polar surface area (TPSA) is 27.7 Å². The van der Waals surface area contributed by atoms with Crippen molar-refractivity contribution < 1.29 is 118 Å². The van der Waals surface area contributed by atoms with Crippen LogP contribution in [0.4, 0.5) is 52.7 Å². The molecule has 0 amide bonds. The van der Waals surface area contributed by atoms with Crippen LogP contribution in [-0.2, 0) is 30.4 Å². The molecule has 0 atom stereocenters.